The van der Waals surface area contributed by atoms with Crippen molar-refractivity contribution in [2.24, 2.45) is 0 Å². The third kappa shape index (κ3) is 3.55. The van der Waals surface area contributed by atoms with Gasteiger partial charge in [0.25, 0.3) is 0 Å². The number of fused-ring (bicyclic) bond motifs is 1. The average Bonchev–Trinajstić information content (AvgIpc) is 3.17. The number of imidazole rings is 1. The van der Waals surface area contributed by atoms with Gasteiger partial charge in [0.15, 0.2) is 11.4 Å². The Kier molecular flexibility index (Phi) is 4.61. The fourth-order valence-electron chi connectivity index (χ4n) is 3.47. The van der Waals surface area contributed by atoms with E-state index in [2.05, 4.69) is 11.9 Å². The zero-order valence-corrected chi connectivity index (χ0v) is 16.2. The highest BCUT2D eigenvalue weighted by Crippen LogP contribution is 2.30. The highest BCUT2D eigenvalue weighted by atomic mass is 16.7. The summed E-state index contributed by atoms with van der Waals surface area (Å²) in [6.07, 6.45) is 0.808. The van der Waals surface area contributed by atoms with Gasteiger partial charge in [0.05, 0.1) is 23.7 Å². The minimum atomic E-state index is -0.546. The van der Waals surface area contributed by atoms with Gasteiger partial charge in [-0.3, -0.25) is 0 Å². The lowest BCUT2D eigenvalue weighted by Crippen LogP contribution is -2.25. The Morgan fingerprint density at radius 3 is 2.78 bits per heavy atom. The molecule has 3 heterocycles. The number of ether oxygens (including phenoxy) is 3. The minimum absolute atomic E-state index is 0.0773. The van der Waals surface area contributed by atoms with Gasteiger partial charge in [-0.2, -0.15) is 5.10 Å². The number of para-hydroxylation sites is 1. The zero-order valence-electron chi connectivity index (χ0n) is 16.2. The van der Waals surface area contributed by atoms with Crippen molar-refractivity contribution in [1.29, 1.82) is 0 Å². The van der Waals surface area contributed by atoms with Gasteiger partial charge in [-0.1, -0.05) is 19.1 Å². The van der Waals surface area contributed by atoms with E-state index in [1.807, 2.05) is 61.7 Å². The predicted octanol–water partition coefficient (Wildman–Crippen LogP) is 3.80. The molecule has 27 heavy (non-hydrogen) atoms. The molecule has 0 unspecified atom stereocenters. The van der Waals surface area contributed by atoms with Crippen LogP contribution in [-0.4, -0.2) is 39.7 Å². The lowest BCUT2D eigenvalue weighted by molar-refractivity contribution is -0.141. The third-order valence-corrected chi connectivity index (χ3v) is 4.76. The first-order valence-electron chi connectivity index (χ1n) is 9.36. The Hall–Kier alpha value is -2.44. The Balaban J connectivity index is 1.62. The van der Waals surface area contributed by atoms with Crippen molar-refractivity contribution in [3.05, 3.63) is 47.8 Å². The maximum atomic E-state index is 6.07. The summed E-state index contributed by atoms with van der Waals surface area (Å²) in [5.41, 5.74) is 4.82. The summed E-state index contributed by atoms with van der Waals surface area (Å²) in [5, 5.41) is 4.82. The molecule has 0 N–H and O–H groups in total. The second-order valence-electron chi connectivity index (χ2n) is 7.24. The molecular formula is C21H25N3O3. The first-order chi connectivity index (χ1) is 13.0. The molecule has 4 rings (SSSR count). The molecule has 3 aromatic rings. The molecule has 1 atom stereocenters. The quantitative estimate of drug-likeness (QED) is 0.687. The molecule has 0 radical (unpaired) electrons. The number of rotatable bonds is 5. The van der Waals surface area contributed by atoms with Crippen LogP contribution in [0, 0.1) is 6.92 Å². The van der Waals surface area contributed by atoms with Crippen LogP contribution in [0.3, 0.4) is 0 Å². The van der Waals surface area contributed by atoms with E-state index in [1.54, 1.807) is 0 Å². The first kappa shape index (κ1) is 17.9. The lowest BCUT2D eigenvalue weighted by Gasteiger charge is -2.18. The molecule has 142 valence electrons. The Bertz CT molecular complexity index is 964. The van der Waals surface area contributed by atoms with Gasteiger partial charge in [-0.05, 0) is 51.5 Å². The number of hydrogen-bond acceptors (Lipinski definition) is 5. The zero-order chi connectivity index (χ0) is 19.0. The largest absolute Gasteiger partial charge is 0.490 e. The fourth-order valence-corrected chi connectivity index (χ4v) is 3.47. The van der Waals surface area contributed by atoms with E-state index in [-0.39, 0.29) is 6.10 Å². The summed E-state index contributed by atoms with van der Waals surface area (Å²) in [5.74, 6) is 0.239. The SMILES string of the molecule is CCc1c(C)nc2ccc(-c3ccccc3OC[C@@H]3COC(C)(C)O3)nn12. The van der Waals surface area contributed by atoms with Crippen molar-refractivity contribution in [3.63, 3.8) is 0 Å². The molecule has 0 spiro atoms. The molecule has 0 bridgehead atoms. The van der Waals surface area contributed by atoms with Crippen LogP contribution in [0.15, 0.2) is 36.4 Å². The van der Waals surface area contributed by atoms with E-state index in [0.717, 1.165) is 40.5 Å². The summed E-state index contributed by atoms with van der Waals surface area (Å²) in [6, 6.07) is 11.9. The first-order valence-corrected chi connectivity index (χ1v) is 9.36. The summed E-state index contributed by atoms with van der Waals surface area (Å²) >= 11 is 0. The smallest absolute Gasteiger partial charge is 0.163 e. The minimum Gasteiger partial charge on any atom is -0.490 e. The van der Waals surface area contributed by atoms with Crippen LogP contribution < -0.4 is 4.74 Å². The summed E-state index contributed by atoms with van der Waals surface area (Å²) in [6.45, 7) is 8.94. The highest BCUT2D eigenvalue weighted by molar-refractivity contribution is 5.67. The predicted molar refractivity (Wildman–Crippen MR) is 103 cm³/mol. The maximum Gasteiger partial charge on any atom is 0.163 e. The van der Waals surface area contributed by atoms with Gasteiger partial charge in [-0.15, -0.1) is 0 Å². The van der Waals surface area contributed by atoms with Crippen molar-refractivity contribution in [1.82, 2.24) is 14.6 Å². The van der Waals surface area contributed by atoms with Crippen molar-refractivity contribution in [2.75, 3.05) is 13.2 Å². The molecule has 1 saturated heterocycles. The van der Waals surface area contributed by atoms with Crippen molar-refractivity contribution >= 4 is 5.65 Å². The fraction of sp³-hybridized carbons (Fsp3) is 0.429. The van der Waals surface area contributed by atoms with Crippen LogP contribution in [0.4, 0.5) is 0 Å². The second-order valence-corrected chi connectivity index (χ2v) is 7.24. The molecule has 6 heteroatoms. The van der Waals surface area contributed by atoms with Crippen LogP contribution in [0.1, 0.15) is 32.2 Å². The van der Waals surface area contributed by atoms with E-state index < -0.39 is 5.79 Å². The summed E-state index contributed by atoms with van der Waals surface area (Å²) in [4.78, 5) is 4.58. The lowest BCUT2D eigenvalue weighted by atomic mass is 10.1. The van der Waals surface area contributed by atoms with Gasteiger partial charge >= 0.3 is 0 Å². The standard InChI is InChI=1S/C21H25N3O3/c1-5-18-14(2)22-20-11-10-17(23-24(18)20)16-8-6-7-9-19(16)25-12-15-13-26-21(3,4)27-15/h6-11,15H,5,12-13H2,1-4H3/t15-/m1/s1. The van der Waals surface area contributed by atoms with Crippen LogP contribution in [-0.2, 0) is 15.9 Å². The molecule has 0 saturated carbocycles. The number of aromatic nitrogens is 3. The van der Waals surface area contributed by atoms with Crippen LogP contribution in [0.2, 0.25) is 0 Å². The third-order valence-electron chi connectivity index (χ3n) is 4.76. The molecule has 6 nitrogen and oxygen atoms in total. The Labute approximate surface area is 159 Å². The molecule has 0 aliphatic carbocycles. The number of aryl methyl sites for hydroxylation is 2. The van der Waals surface area contributed by atoms with Crippen molar-refractivity contribution in [3.8, 4) is 17.0 Å². The Morgan fingerprint density at radius 2 is 2.04 bits per heavy atom. The van der Waals surface area contributed by atoms with Gasteiger partial charge in [0.2, 0.25) is 0 Å². The highest BCUT2D eigenvalue weighted by Gasteiger charge is 2.33. The second kappa shape index (κ2) is 6.94. The molecule has 1 aliphatic heterocycles. The number of benzene rings is 1. The molecule has 1 aliphatic rings. The van der Waals surface area contributed by atoms with E-state index in [0.29, 0.717) is 13.2 Å². The summed E-state index contributed by atoms with van der Waals surface area (Å²) in [7, 11) is 0. The average molecular weight is 367 g/mol. The normalized spacial score (nSPS) is 18.9. The molecule has 0 amide bonds. The number of hydrogen-bond donors (Lipinski definition) is 0. The summed E-state index contributed by atoms with van der Waals surface area (Å²) < 4.78 is 19.4. The van der Waals surface area contributed by atoms with Crippen LogP contribution in [0.25, 0.3) is 16.9 Å². The van der Waals surface area contributed by atoms with Gasteiger partial charge in [0.1, 0.15) is 18.5 Å². The van der Waals surface area contributed by atoms with Gasteiger partial charge < -0.3 is 14.2 Å². The van der Waals surface area contributed by atoms with Gasteiger partial charge in [0, 0.05) is 5.56 Å². The van der Waals surface area contributed by atoms with E-state index in [4.69, 9.17) is 19.3 Å². The van der Waals surface area contributed by atoms with E-state index in [1.165, 1.54) is 0 Å². The van der Waals surface area contributed by atoms with Crippen molar-refractivity contribution in [2.45, 2.75) is 46.0 Å². The molecule has 1 aromatic carbocycles. The maximum absolute atomic E-state index is 6.07. The molecular weight excluding hydrogens is 342 g/mol. The van der Waals surface area contributed by atoms with E-state index in [9.17, 15) is 0 Å². The topological polar surface area (TPSA) is 57.9 Å². The Morgan fingerprint density at radius 1 is 1.22 bits per heavy atom. The van der Waals surface area contributed by atoms with Gasteiger partial charge in [-0.25, -0.2) is 9.50 Å². The van der Waals surface area contributed by atoms with E-state index >= 15 is 0 Å². The molecule has 1 fully saturated rings. The van der Waals surface area contributed by atoms with Crippen molar-refractivity contribution < 1.29 is 14.2 Å². The number of nitrogens with zero attached hydrogens (tertiary/aromatic N) is 3. The van der Waals surface area contributed by atoms with Crippen LogP contribution in [0.5, 0.6) is 5.75 Å². The monoisotopic (exact) mass is 367 g/mol. The molecule has 2 aromatic heterocycles. The van der Waals surface area contributed by atoms with Crippen LogP contribution >= 0.6 is 0 Å².